The summed E-state index contributed by atoms with van der Waals surface area (Å²) in [5.41, 5.74) is 1.69. The molecule has 1 aliphatic rings. The minimum atomic E-state index is -3.51. The highest BCUT2D eigenvalue weighted by Crippen LogP contribution is 2.24. The summed E-state index contributed by atoms with van der Waals surface area (Å²) in [5, 5.41) is 4.02. The van der Waals surface area contributed by atoms with E-state index in [0.717, 1.165) is 30.0 Å². The third-order valence-corrected chi connectivity index (χ3v) is 6.51. The van der Waals surface area contributed by atoms with Gasteiger partial charge in [-0.2, -0.15) is 4.31 Å². The molecule has 1 aliphatic heterocycles. The Morgan fingerprint density at radius 2 is 1.96 bits per heavy atom. The molecule has 0 spiro atoms. The molecule has 2 aromatic rings. The van der Waals surface area contributed by atoms with E-state index in [2.05, 4.69) is 10.1 Å². The van der Waals surface area contributed by atoms with Crippen LogP contribution in [0.15, 0.2) is 33.7 Å². The van der Waals surface area contributed by atoms with Gasteiger partial charge in [0.25, 0.3) is 0 Å². The molecule has 0 N–H and O–H groups in total. The van der Waals surface area contributed by atoms with Crippen molar-refractivity contribution in [3.63, 3.8) is 0 Å². The first-order valence-corrected chi connectivity index (χ1v) is 10.1. The molecule has 0 bridgehead atoms. The van der Waals surface area contributed by atoms with Crippen LogP contribution in [-0.2, 0) is 16.6 Å². The summed E-state index contributed by atoms with van der Waals surface area (Å²) in [7, 11) is -1.93. The van der Waals surface area contributed by atoms with Crippen LogP contribution in [0.1, 0.15) is 23.4 Å². The summed E-state index contributed by atoms with van der Waals surface area (Å²) < 4.78 is 37.9. The number of hydrogen-bond donors (Lipinski definition) is 0. The summed E-state index contributed by atoms with van der Waals surface area (Å²) in [5.74, 6) is 1.47. The molecule has 0 radical (unpaired) electrons. The van der Waals surface area contributed by atoms with E-state index >= 15 is 0 Å². The van der Waals surface area contributed by atoms with Crippen LogP contribution in [-0.4, -0.2) is 56.1 Å². The maximum absolute atomic E-state index is 13.0. The summed E-state index contributed by atoms with van der Waals surface area (Å²) in [6.07, 6.45) is 0.783. The average Bonchev–Trinajstić information content (AvgIpc) is 2.87. The summed E-state index contributed by atoms with van der Waals surface area (Å²) in [6, 6.07) is 6.91. The van der Waals surface area contributed by atoms with Crippen molar-refractivity contribution in [1.82, 2.24) is 14.4 Å². The zero-order valence-electron chi connectivity index (χ0n) is 15.4. The minimum Gasteiger partial charge on any atom is -0.496 e. The number of aryl methyl sites for hydroxylation is 2. The van der Waals surface area contributed by atoms with Crippen molar-refractivity contribution in [3.05, 3.63) is 41.3 Å². The highest BCUT2D eigenvalue weighted by Gasteiger charge is 2.27. The zero-order chi connectivity index (χ0) is 18.7. The molecule has 142 valence electrons. The van der Waals surface area contributed by atoms with Crippen LogP contribution in [0.5, 0.6) is 5.75 Å². The van der Waals surface area contributed by atoms with Crippen LogP contribution in [0.25, 0.3) is 0 Å². The number of ether oxygens (including phenoxy) is 1. The van der Waals surface area contributed by atoms with Crippen molar-refractivity contribution >= 4 is 10.0 Å². The van der Waals surface area contributed by atoms with Gasteiger partial charge in [-0.15, -0.1) is 0 Å². The van der Waals surface area contributed by atoms with Gasteiger partial charge in [-0.3, -0.25) is 4.90 Å². The van der Waals surface area contributed by atoms with E-state index in [1.54, 1.807) is 29.6 Å². The fourth-order valence-corrected chi connectivity index (χ4v) is 4.78. The SMILES string of the molecule is COc1ccc(S(=O)(=O)N2CCCN(Cc3cc(C)on3)CC2)cc1C. The largest absolute Gasteiger partial charge is 0.496 e. The molecule has 0 saturated carbocycles. The number of hydrogen-bond acceptors (Lipinski definition) is 6. The molecule has 1 saturated heterocycles. The van der Waals surface area contributed by atoms with Gasteiger partial charge < -0.3 is 9.26 Å². The van der Waals surface area contributed by atoms with Crippen molar-refractivity contribution in [2.24, 2.45) is 0 Å². The summed E-state index contributed by atoms with van der Waals surface area (Å²) in [4.78, 5) is 2.53. The lowest BCUT2D eigenvalue weighted by Gasteiger charge is -2.21. The molecular weight excluding hydrogens is 354 g/mol. The fourth-order valence-electron chi connectivity index (χ4n) is 3.23. The van der Waals surface area contributed by atoms with Crippen molar-refractivity contribution in [3.8, 4) is 5.75 Å². The Balaban J connectivity index is 1.70. The third kappa shape index (κ3) is 4.08. The van der Waals surface area contributed by atoms with Crippen LogP contribution in [0, 0.1) is 13.8 Å². The van der Waals surface area contributed by atoms with Crippen LogP contribution in [0.4, 0.5) is 0 Å². The standard InChI is InChI=1S/C18H25N3O4S/c1-14-11-17(5-6-18(14)24-3)26(22,23)21-8-4-7-20(9-10-21)13-16-12-15(2)25-19-16/h5-6,11-12H,4,7-10,13H2,1-3H3. The van der Waals surface area contributed by atoms with Gasteiger partial charge in [0.05, 0.1) is 17.7 Å². The van der Waals surface area contributed by atoms with Gasteiger partial charge in [0.2, 0.25) is 10.0 Å². The van der Waals surface area contributed by atoms with Gasteiger partial charge in [0.1, 0.15) is 11.5 Å². The number of aromatic nitrogens is 1. The molecule has 0 amide bonds. The molecule has 1 aromatic heterocycles. The monoisotopic (exact) mass is 379 g/mol. The Kier molecular flexibility index (Phi) is 5.64. The molecule has 2 heterocycles. The number of nitrogens with zero attached hydrogens (tertiary/aromatic N) is 3. The van der Waals surface area contributed by atoms with Crippen molar-refractivity contribution in [2.45, 2.75) is 31.7 Å². The van der Waals surface area contributed by atoms with Gasteiger partial charge >= 0.3 is 0 Å². The maximum atomic E-state index is 13.0. The predicted molar refractivity (Wildman–Crippen MR) is 97.6 cm³/mol. The van der Waals surface area contributed by atoms with E-state index in [4.69, 9.17) is 9.26 Å². The number of methoxy groups -OCH3 is 1. The smallest absolute Gasteiger partial charge is 0.243 e. The summed E-state index contributed by atoms with van der Waals surface area (Å²) >= 11 is 0. The molecule has 0 atom stereocenters. The molecule has 3 rings (SSSR count). The molecule has 26 heavy (non-hydrogen) atoms. The molecular formula is C18H25N3O4S. The lowest BCUT2D eigenvalue weighted by Crippen LogP contribution is -2.35. The van der Waals surface area contributed by atoms with Crippen molar-refractivity contribution < 1.29 is 17.7 Å². The van der Waals surface area contributed by atoms with Crippen molar-refractivity contribution in [2.75, 3.05) is 33.3 Å². The highest BCUT2D eigenvalue weighted by molar-refractivity contribution is 7.89. The van der Waals surface area contributed by atoms with Gasteiger partial charge in [-0.05, 0) is 50.6 Å². The van der Waals surface area contributed by atoms with Crippen LogP contribution in [0.2, 0.25) is 0 Å². The topological polar surface area (TPSA) is 75.9 Å². The Hall–Kier alpha value is -1.90. The van der Waals surface area contributed by atoms with E-state index < -0.39 is 10.0 Å². The van der Waals surface area contributed by atoms with Gasteiger partial charge in [0.15, 0.2) is 0 Å². The Morgan fingerprint density at radius 3 is 2.62 bits per heavy atom. The Morgan fingerprint density at radius 1 is 1.15 bits per heavy atom. The number of sulfonamides is 1. The van der Waals surface area contributed by atoms with Gasteiger partial charge in [0, 0.05) is 32.2 Å². The Bertz CT molecular complexity index is 863. The second kappa shape index (κ2) is 7.77. The van der Waals surface area contributed by atoms with Gasteiger partial charge in [-0.1, -0.05) is 5.16 Å². The van der Waals surface area contributed by atoms with E-state index in [1.165, 1.54) is 0 Å². The number of rotatable bonds is 5. The van der Waals surface area contributed by atoms with Crippen LogP contribution in [0.3, 0.4) is 0 Å². The minimum absolute atomic E-state index is 0.316. The lowest BCUT2D eigenvalue weighted by atomic mass is 10.2. The first kappa shape index (κ1) is 18.9. The first-order valence-electron chi connectivity index (χ1n) is 8.69. The van der Waals surface area contributed by atoms with Crippen LogP contribution < -0.4 is 4.74 Å². The molecule has 1 aromatic carbocycles. The quantitative estimate of drug-likeness (QED) is 0.793. The van der Waals surface area contributed by atoms with Gasteiger partial charge in [-0.25, -0.2) is 8.42 Å². The van der Waals surface area contributed by atoms with Crippen LogP contribution >= 0.6 is 0 Å². The van der Waals surface area contributed by atoms with E-state index in [1.807, 2.05) is 19.9 Å². The molecule has 0 aliphatic carbocycles. The van der Waals surface area contributed by atoms with E-state index in [0.29, 0.717) is 36.8 Å². The Labute approximate surface area is 154 Å². The average molecular weight is 379 g/mol. The van der Waals surface area contributed by atoms with E-state index in [-0.39, 0.29) is 0 Å². The second-order valence-corrected chi connectivity index (χ2v) is 8.53. The second-order valence-electron chi connectivity index (χ2n) is 6.59. The zero-order valence-corrected chi connectivity index (χ0v) is 16.3. The maximum Gasteiger partial charge on any atom is 0.243 e. The molecule has 8 heteroatoms. The molecule has 0 unspecified atom stereocenters. The third-order valence-electron chi connectivity index (χ3n) is 4.61. The highest BCUT2D eigenvalue weighted by atomic mass is 32.2. The lowest BCUT2D eigenvalue weighted by molar-refractivity contribution is 0.268. The predicted octanol–water partition coefficient (Wildman–Crippen LogP) is 2.20. The normalized spacial score (nSPS) is 17.2. The number of benzene rings is 1. The van der Waals surface area contributed by atoms with E-state index in [9.17, 15) is 8.42 Å². The molecule has 7 nitrogen and oxygen atoms in total. The fraction of sp³-hybridized carbons (Fsp3) is 0.500. The summed E-state index contributed by atoms with van der Waals surface area (Å²) in [6.45, 7) is 6.87. The first-order chi connectivity index (χ1) is 12.4. The molecule has 1 fully saturated rings. The van der Waals surface area contributed by atoms with Crippen molar-refractivity contribution in [1.29, 1.82) is 0 Å².